The summed E-state index contributed by atoms with van der Waals surface area (Å²) in [6.07, 6.45) is 1.63. The van der Waals surface area contributed by atoms with Gasteiger partial charge in [-0.1, -0.05) is 54.1 Å². The number of halogens is 2. The molecule has 224 valence electrons. The largest absolute Gasteiger partial charge is 0.487 e. The Balaban J connectivity index is 1.44. The molecule has 0 aliphatic heterocycles. The van der Waals surface area contributed by atoms with Crippen molar-refractivity contribution in [1.82, 2.24) is 9.97 Å². The summed E-state index contributed by atoms with van der Waals surface area (Å²) in [5, 5.41) is 4.18. The minimum absolute atomic E-state index is 0.151. The Labute approximate surface area is 258 Å². The van der Waals surface area contributed by atoms with E-state index in [-0.39, 0.29) is 25.5 Å². The van der Waals surface area contributed by atoms with E-state index in [0.717, 1.165) is 5.56 Å². The van der Waals surface area contributed by atoms with Crippen molar-refractivity contribution < 1.29 is 23.5 Å². The monoisotopic (exact) mass is 613 g/mol. The zero-order valence-corrected chi connectivity index (χ0v) is 24.5. The van der Waals surface area contributed by atoms with Gasteiger partial charge in [-0.05, 0) is 59.7 Å². The van der Waals surface area contributed by atoms with Gasteiger partial charge in [0.1, 0.15) is 43.0 Å². The first-order valence-corrected chi connectivity index (χ1v) is 14.0. The van der Waals surface area contributed by atoms with E-state index in [2.05, 4.69) is 15.3 Å². The molecule has 0 saturated heterocycles. The van der Waals surface area contributed by atoms with Gasteiger partial charge in [0, 0.05) is 30.3 Å². The van der Waals surface area contributed by atoms with E-state index >= 15 is 0 Å². The summed E-state index contributed by atoms with van der Waals surface area (Å²) in [4.78, 5) is 36.2. The molecular formula is C33H29ClFN5O4. The second-order valence-corrected chi connectivity index (χ2v) is 10.3. The number of nitrogens with one attached hydrogen (secondary N) is 1. The number of amides is 2. The van der Waals surface area contributed by atoms with E-state index in [1.807, 2.05) is 30.3 Å². The first-order valence-electron chi connectivity index (χ1n) is 13.6. The first kappa shape index (κ1) is 30.4. The number of hydrogen-bond donors (Lipinski definition) is 2. The lowest BCUT2D eigenvalue weighted by molar-refractivity contribution is -0.126. The fourth-order valence-electron chi connectivity index (χ4n) is 4.76. The molecule has 4 aromatic carbocycles. The van der Waals surface area contributed by atoms with Gasteiger partial charge in [-0.25, -0.2) is 14.4 Å². The van der Waals surface area contributed by atoms with Crippen molar-refractivity contribution >= 4 is 51.5 Å². The van der Waals surface area contributed by atoms with Crippen LogP contribution in [-0.2, 0) is 27.4 Å². The second kappa shape index (κ2) is 13.9. The highest BCUT2D eigenvalue weighted by Gasteiger charge is 2.30. The SMILES string of the molecule is COCC(=O)N(c1ccc2ncnc(Nc3ccc(OCc4cccc(F)c4)c(Cl)c3)c2c1)[C@@H](Cc1ccccc1)C(N)=O. The molecule has 5 aromatic rings. The van der Waals surface area contributed by atoms with Crippen molar-refractivity contribution in [2.45, 2.75) is 19.1 Å². The molecular weight excluding hydrogens is 585 g/mol. The number of hydrogen-bond acceptors (Lipinski definition) is 7. The molecule has 11 heteroatoms. The molecule has 9 nitrogen and oxygen atoms in total. The molecule has 0 bridgehead atoms. The molecule has 0 fully saturated rings. The van der Waals surface area contributed by atoms with Crippen molar-refractivity contribution in [1.29, 1.82) is 0 Å². The maximum Gasteiger partial charge on any atom is 0.253 e. The van der Waals surface area contributed by atoms with Crippen LogP contribution in [-0.4, -0.2) is 41.5 Å². The summed E-state index contributed by atoms with van der Waals surface area (Å²) in [7, 11) is 1.41. The van der Waals surface area contributed by atoms with Crippen molar-refractivity contribution in [2.75, 3.05) is 23.9 Å². The number of rotatable bonds is 12. The zero-order chi connectivity index (χ0) is 31.1. The molecule has 0 saturated carbocycles. The van der Waals surface area contributed by atoms with Gasteiger partial charge in [0.05, 0.1) is 10.5 Å². The topological polar surface area (TPSA) is 120 Å². The fourth-order valence-corrected chi connectivity index (χ4v) is 5.00. The Morgan fingerprint density at radius 1 is 0.977 bits per heavy atom. The van der Waals surface area contributed by atoms with Crippen LogP contribution in [0.15, 0.2) is 97.3 Å². The molecule has 0 spiro atoms. The lowest BCUT2D eigenvalue weighted by Gasteiger charge is -2.30. The van der Waals surface area contributed by atoms with Gasteiger partial charge in [-0.3, -0.25) is 14.5 Å². The molecule has 2 amide bonds. The average molecular weight is 614 g/mol. The standard InChI is InChI=1S/C33H29ClFN5O4/c1-43-19-31(41)40(29(32(36)42)15-21-6-3-2-4-7-21)25-11-12-28-26(17-25)33(38-20-37-28)39-24-10-13-30(27(34)16-24)44-18-22-8-5-9-23(35)14-22/h2-14,16-17,20,29H,15,18-19H2,1H3,(H2,36,42)(H,37,38,39)/t29-/m0/s1. The highest BCUT2D eigenvalue weighted by Crippen LogP contribution is 2.33. The highest BCUT2D eigenvalue weighted by atomic mass is 35.5. The van der Waals surface area contributed by atoms with E-state index in [1.165, 1.54) is 30.5 Å². The molecule has 1 aromatic heterocycles. The summed E-state index contributed by atoms with van der Waals surface area (Å²) in [6, 6.07) is 24.8. The third-order valence-corrected chi connectivity index (χ3v) is 7.12. The van der Waals surface area contributed by atoms with Crippen LogP contribution in [0.4, 0.5) is 21.6 Å². The predicted molar refractivity (Wildman–Crippen MR) is 167 cm³/mol. The Bertz CT molecular complexity index is 1790. The Kier molecular flexibility index (Phi) is 9.63. The average Bonchev–Trinajstić information content (AvgIpc) is 3.01. The number of benzene rings is 4. The van der Waals surface area contributed by atoms with Gasteiger partial charge in [0.2, 0.25) is 5.91 Å². The van der Waals surface area contributed by atoms with Gasteiger partial charge in [-0.2, -0.15) is 0 Å². The molecule has 3 N–H and O–H groups in total. The van der Waals surface area contributed by atoms with Gasteiger partial charge < -0.3 is 20.5 Å². The molecule has 0 unspecified atom stereocenters. The second-order valence-electron chi connectivity index (χ2n) is 9.92. The van der Waals surface area contributed by atoms with Crippen LogP contribution in [0, 0.1) is 5.82 Å². The number of fused-ring (bicyclic) bond motifs is 1. The normalized spacial score (nSPS) is 11.6. The predicted octanol–water partition coefficient (Wildman–Crippen LogP) is 5.82. The zero-order valence-electron chi connectivity index (χ0n) is 23.7. The lowest BCUT2D eigenvalue weighted by Crippen LogP contribution is -2.50. The van der Waals surface area contributed by atoms with Gasteiger partial charge in [0.25, 0.3) is 5.91 Å². The number of ether oxygens (including phenoxy) is 2. The number of primary amides is 1. The van der Waals surface area contributed by atoms with Crippen LogP contribution >= 0.6 is 11.6 Å². The summed E-state index contributed by atoms with van der Waals surface area (Å²) in [6.45, 7) is -0.0996. The third kappa shape index (κ3) is 7.28. The van der Waals surface area contributed by atoms with Gasteiger partial charge >= 0.3 is 0 Å². The van der Waals surface area contributed by atoms with Crippen molar-refractivity contribution in [2.24, 2.45) is 5.73 Å². The number of carbonyl (C=O) groups is 2. The Hall–Kier alpha value is -5.06. The molecule has 0 radical (unpaired) electrons. The Morgan fingerprint density at radius 3 is 2.50 bits per heavy atom. The van der Waals surface area contributed by atoms with Crippen LogP contribution in [0.5, 0.6) is 5.75 Å². The van der Waals surface area contributed by atoms with E-state index in [1.54, 1.807) is 48.5 Å². The van der Waals surface area contributed by atoms with E-state index in [4.69, 9.17) is 26.8 Å². The van der Waals surface area contributed by atoms with Crippen molar-refractivity contribution in [3.63, 3.8) is 0 Å². The number of carbonyl (C=O) groups excluding carboxylic acids is 2. The summed E-state index contributed by atoms with van der Waals surface area (Å²) in [5.41, 5.74) is 9.00. The quantitative estimate of drug-likeness (QED) is 0.182. The maximum absolute atomic E-state index is 13.5. The van der Waals surface area contributed by atoms with Crippen molar-refractivity contribution in [3.8, 4) is 5.75 Å². The maximum atomic E-state index is 13.5. The van der Waals surface area contributed by atoms with E-state index in [9.17, 15) is 14.0 Å². The van der Waals surface area contributed by atoms with E-state index < -0.39 is 17.9 Å². The minimum atomic E-state index is -0.975. The Morgan fingerprint density at radius 2 is 1.77 bits per heavy atom. The first-order chi connectivity index (χ1) is 21.3. The molecule has 1 heterocycles. The minimum Gasteiger partial charge on any atom is -0.487 e. The van der Waals surface area contributed by atoms with Crippen LogP contribution in [0.25, 0.3) is 10.9 Å². The third-order valence-electron chi connectivity index (χ3n) is 6.82. The lowest BCUT2D eigenvalue weighted by atomic mass is 10.0. The highest BCUT2D eigenvalue weighted by molar-refractivity contribution is 6.32. The summed E-state index contributed by atoms with van der Waals surface area (Å²) in [5.74, 6) is -0.558. The molecule has 5 rings (SSSR count). The summed E-state index contributed by atoms with van der Waals surface area (Å²) < 4.78 is 24.4. The van der Waals surface area contributed by atoms with Gasteiger partial charge in [-0.15, -0.1) is 0 Å². The van der Waals surface area contributed by atoms with Gasteiger partial charge in [0.15, 0.2) is 0 Å². The number of aromatic nitrogens is 2. The van der Waals surface area contributed by atoms with Crippen LogP contribution in [0.3, 0.4) is 0 Å². The molecule has 0 aliphatic rings. The van der Waals surface area contributed by atoms with E-state index in [0.29, 0.717) is 44.4 Å². The molecule has 44 heavy (non-hydrogen) atoms. The van der Waals surface area contributed by atoms with Crippen LogP contribution in [0.2, 0.25) is 5.02 Å². The number of nitrogens with two attached hydrogens (primary N) is 1. The van der Waals surface area contributed by atoms with Crippen LogP contribution in [0.1, 0.15) is 11.1 Å². The van der Waals surface area contributed by atoms with Crippen LogP contribution < -0.4 is 20.7 Å². The summed E-state index contributed by atoms with van der Waals surface area (Å²) >= 11 is 6.50. The number of methoxy groups -OCH3 is 1. The smallest absolute Gasteiger partial charge is 0.253 e. The fraction of sp³-hybridized carbons (Fsp3) is 0.152. The molecule has 0 aliphatic carbocycles. The molecule has 1 atom stereocenters. The van der Waals surface area contributed by atoms with Crippen molar-refractivity contribution in [3.05, 3.63) is 119 Å². The number of anilines is 3. The number of nitrogens with zero attached hydrogens (tertiary/aromatic N) is 3.